The van der Waals surface area contributed by atoms with E-state index in [1.54, 1.807) is 13.0 Å². The van der Waals surface area contributed by atoms with Gasteiger partial charge >= 0.3 is 0 Å². The van der Waals surface area contributed by atoms with Crippen molar-refractivity contribution in [1.82, 2.24) is 5.32 Å². The SMILES string of the molecule is CCC(O/N=C(/C)c1ccccc1/C(=N/OC)C(=O)NC)/C(C)=N\OC. The summed E-state index contributed by atoms with van der Waals surface area (Å²) in [6.45, 7) is 5.57. The van der Waals surface area contributed by atoms with Crippen molar-refractivity contribution in [2.45, 2.75) is 33.3 Å². The first-order chi connectivity index (χ1) is 12.5. The van der Waals surface area contributed by atoms with Crippen molar-refractivity contribution in [3.8, 4) is 0 Å². The molecule has 0 fully saturated rings. The number of hydrogen-bond acceptors (Lipinski definition) is 7. The van der Waals surface area contributed by atoms with Crippen molar-refractivity contribution in [2.75, 3.05) is 21.3 Å². The maximum absolute atomic E-state index is 12.1. The lowest BCUT2D eigenvalue weighted by atomic mass is 9.99. The topological polar surface area (TPSA) is 93.9 Å². The van der Waals surface area contributed by atoms with Gasteiger partial charge in [-0.2, -0.15) is 0 Å². The molecule has 1 aromatic rings. The molecule has 0 aromatic heterocycles. The Kier molecular flexibility index (Phi) is 8.83. The summed E-state index contributed by atoms with van der Waals surface area (Å²) in [7, 11) is 4.40. The first-order valence-corrected chi connectivity index (χ1v) is 8.21. The molecule has 1 amide bonds. The van der Waals surface area contributed by atoms with E-state index in [9.17, 15) is 4.79 Å². The third-order valence-corrected chi connectivity index (χ3v) is 3.59. The lowest BCUT2D eigenvalue weighted by molar-refractivity contribution is -0.114. The number of carbonyl (C=O) groups is 1. The highest BCUT2D eigenvalue weighted by atomic mass is 16.6. The van der Waals surface area contributed by atoms with Crippen molar-refractivity contribution < 1.29 is 19.3 Å². The molecule has 0 aliphatic heterocycles. The van der Waals surface area contributed by atoms with Crippen LogP contribution in [-0.4, -0.2) is 50.4 Å². The van der Waals surface area contributed by atoms with E-state index in [0.717, 1.165) is 0 Å². The van der Waals surface area contributed by atoms with Gasteiger partial charge in [-0.1, -0.05) is 46.7 Å². The molecule has 0 saturated heterocycles. The van der Waals surface area contributed by atoms with E-state index in [1.807, 2.05) is 32.0 Å². The minimum atomic E-state index is -0.359. The van der Waals surface area contributed by atoms with Gasteiger partial charge in [-0.25, -0.2) is 0 Å². The average Bonchev–Trinajstić information content (AvgIpc) is 2.66. The van der Waals surface area contributed by atoms with E-state index in [0.29, 0.717) is 29.0 Å². The normalized spacial score (nSPS) is 13.8. The van der Waals surface area contributed by atoms with Crippen molar-refractivity contribution in [1.29, 1.82) is 0 Å². The second kappa shape index (κ2) is 10.9. The van der Waals surface area contributed by atoms with Gasteiger partial charge in [0.15, 0.2) is 11.8 Å². The Morgan fingerprint density at radius 3 is 2.23 bits per heavy atom. The van der Waals surface area contributed by atoms with Gasteiger partial charge in [0.05, 0.1) is 11.4 Å². The van der Waals surface area contributed by atoms with Crippen LogP contribution >= 0.6 is 0 Å². The molecule has 0 aliphatic rings. The zero-order valence-electron chi connectivity index (χ0n) is 16.1. The van der Waals surface area contributed by atoms with E-state index in [1.165, 1.54) is 21.3 Å². The standard InChI is InChI=1S/C18H26N4O4/c1-7-16(13(3)20-24-5)26-21-12(2)14-10-8-9-11-15(14)17(22-25-6)18(23)19-4/h8-11,16H,7H2,1-6H3,(H,19,23)/b20-13-,21-12-,22-17-. The van der Waals surface area contributed by atoms with Gasteiger partial charge in [-0.05, 0) is 20.3 Å². The monoisotopic (exact) mass is 362 g/mol. The third kappa shape index (κ3) is 5.58. The Labute approximate surface area is 153 Å². The molecule has 1 atom stereocenters. The minimum Gasteiger partial charge on any atom is -0.399 e. The van der Waals surface area contributed by atoms with E-state index in [-0.39, 0.29) is 17.7 Å². The lowest BCUT2D eigenvalue weighted by Crippen LogP contribution is -2.29. The molecule has 0 aliphatic carbocycles. The van der Waals surface area contributed by atoms with Crippen molar-refractivity contribution in [3.63, 3.8) is 0 Å². The van der Waals surface area contributed by atoms with Crippen LogP contribution in [0.5, 0.6) is 0 Å². The van der Waals surface area contributed by atoms with Gasteiger partial charge in [0.2, 0.25) is 0 Å². The number of nitrogens with zero attached hydrogens (tertiary/aromatic N) is 3. The van der Waals surface area contributed by atoms with E-state index >= 15 is 0 Å². The smallest absolute Gasteiger partial charge is 0.273 e. The Hall–Kier alpha value is -2.90. The van der Waals surface area contributed by atoms with Crippen molar-refractivity contribution in [3.05, 3.63) is 35.4 Å². The summed E-state index contributed by atoms with van der Waals surface area (Å²) in [5.74, 6) is -0.359. The van der Waals surface area contributed by atoms with E-state index in [2.05, 4.69) is 20.8 Å². The summed E-state index contributed by atoms with van der Waals surface area (Å²) < 4.78 is 0. The lowest BCUT2D eigenvalue weighted by Gasteiger charge is -2.14. The highest BCUT2D eigenvalue weighted by Crippen LogP contribution is 2.14. The number of nitrogens with one attached hydrogen (secondary N) is 1. The largest absolute Gasteiger partial charge is 0.399 e. The molecule has 8 heteroatoms. The van der Waals surface area contributed by atoms with Crippen LogP contribution < -0.4 is 5.32 Å². The first-order valence-electron chi connectivity index (χ1n) is 8.21. The number of hydrogen-bond donors (Lipinski definition) is 1. The van der Waals surface area contributed by atoms with Crippen LogP contribution in [0, 0.1) is 0 Å². The zero-order valence-corrected chi connectivity index (χ0v) is 16.1. The Bertz CT molecular complexity index is 698. The molecule has 0 radical (unpaired) electrons. The summed E-state index contributed by atoms with van der Waals surface area (Å²) in [6.07, 6.45) is 0.384. The zero-order chi connectivity index (χ0) is 19.5. The fourth-order valence-electron chi connectivity index (χ4n) is 2.27. The summed E-state index contributed by atoms with van der Waals surface area (Å²) in [4.78, 5) is 27.3. The van der Waals surface area contributed by atoms with Crippen LogP contribution in [0.25, 0.3) is 0 Å². The second-order valence-electron chi connectivity index (χ2n) is 5.34. The first kappa shape index (κ1) is 21.1. The molecule has 1 unspecified atom stereocenters. The molecule has 0 spiro atoms. The highest BCUT2D eigenvalue weighted by molar-refractivity contribution is 6.46. The molecule has 1 aromatic carbocycles. The van der Waals surface area contributed by atoms with Gasteiger partial charge in [0.1, 0.15) is 14.2 Å². The number of likely N-dealkylation sites (N-methyl/N-ethyl adjacent to an activating group) is 1. The highest BCUT2D eigenvalue weighted by Gasteiger charge is 2.19. The minimum absolute atomic E-state index is 0.157. The molecule has 0 bridgehead atoms. The van der Waals surface area contributed by atoms with E-state index < -0.39 is 0 Å². The van der Waals surface area contributed by atoms with Crippen LogP contribution in [0.4, 0.5) is 0 Å². The summed E-state index contributed by atoms with van der Waals surface area (Å²) in [5.41, 5.74) is 2.74. The number of oxime groups is 3. The van der Waals surface area contributed by atoms with Gasteiger partial charge in [0, 0.05) is 18.2 Å². The molecule has 8 nitrogen and oxygen atoms in total. The number of rotatable bonds is 9. The Balaban J connectivity index is 3.21. The van der Waals surface area contributed by atoms with Crippen LogP contribution in [0.3, 0.4) is 0 Å². The number of carbonyl (C=O) groups excluding carboxylic acids is 1. The molecule has 142 valence electrons. The summed E-state index contributed by atoms with van der Waals surface area (Å²) in [5, 5.41) is 14.5. The third-order valence-electron chi connectivity index (χ3n) is 3.59. The molecule has 0 saturated carbocycles. The molecular formula is C18H26N4O4. The fourth-order valence-corrected chi connectivity index (χ4v) is 2.27. The predicted octanol–water partition coefficient (Wildman–Crippen LogP) is 2.32. The van der Waals surface area contributed by atoms with Gasteiger partial charge in [0.25, 0.3) is 5.91 Å². The molecule has 1 N–H and O–H groups in total. The fraction of sp³-hybridized carbons (Fsp3) is 0.444. The molecular weight excluding hydrogens is 336 g/mol. The van der Waals surface area contributed by atoms with Gasteiger partial charge in [-0.15, -0.1) is 0 Å². The van der Waals surface area contributed by atoms with E-state index in [4.69, 9.17) is 14.5 Å². The Morgan fingerprint density at radius 1 is 1.08 bits per heavy atom. The second-order valence-corrected chi connectivity index (χ2v) is 5.34. The quantitative estimate of drug-likeness (QED) is 0.539. The number of amides is 1. The Morgan fingerprint density at radius 2 is 1.69 bits per heavy atom. The summed E-state index contributed by atoms with van der Waals surface area (Å²) >= 11 is 0. The summed E-state index contributed by atoms with van der Waals surface area (Å²) in [6, 6.07) is 7.27. The maximum atomic E-state index is 12.1. The average molecular weight is 362 g/mol. The van der Waals surface area contributed by atoms with Crippen molar-refractivity contribution in [2.24, 2.45) is 15.5 Å². The van der Waals surface area contributed by atoms with Gasteiger partial charge in [-0.3, -0.25) is 4.79 Å². The van der Waals surface area contributed by atoms with Crippen LogP contribution in [0.2, 0.25) is 0 Å². The van der Waals surface area contributed by atoms with Crippen molar-refractivity contribution >= 4 is 23.0 Å². The molecule has 0 heterocycles. The van der Waals surface area contributed by atoms with Crippen LogP contribution in [-0.2, 0) is 19.3 Å². The van der Waals surface area contributed by atoms with Gasteiger partial charge < -0.3 is 19.8 Å². The number of benzene rings is 1. The van der Waals surface area contributed by atoms with Crippen LogP contribution in [0.15, 0.2) is 39.7 Å². The maximum Gasteiger partial charge on any atom is 0.273 e. The predicted molar refractivity (Wildman–Crippen MR) is 102 cm³/mol. The molecule has 1 rings (SSSR count). The molecule has 26 heavy (non-hydrogen) atoms. The van der Waals surface area contributed by atoms with Crippen LogP contribution in [0.1, 0.15) is 38.3 Å².